The first-order valence-electron chi connectivity index (χ1n) is 12.9. The molecule has 0 unspecified atom stereocenters. The number of benzene rings is 1. The molecule has 11 nitrogen and oxygen atoms in total. The van der Waals surface area contributed by atoms with E-state index in [9.17, 15) is 9.50 Å². The molecule has 0 amide bonds. The highest BCUT2D eigenvalue weighted by molar-refractivity contribution is 5.90. The molecule has 0 spiro atoms. The third-order valence-electron chi connectivity index (χ3n) is 7.56. The highest BCUT2D eigenvalue weighted by Crippen LogP contribution is 2.41. The Labute approximate surface area is 217 Å². The number of furan rings is 1. The van der Waals surface area contributed by atoms with Crippen LogP contribution in [-0.4, -0.2) is 72.1 Å². The molecule has 196 valence electrons. The fraction of sp³-hybridized carbons (Fsp3) is 0.385. The van der Waals surface area contributed by atoms with Gasteiger partial charge in [-0.05, 0) is 48.6 Å². The predicted octanol–water partition coefficient (Wildman–Crippen LogP) is 2.72. The topological polar surface area (TPSA) is 127 Å². The Morgan fingerprint density at radius 2 is 1.92 bits per heavy atom. The van der Waals surface area contributed by atoms with Crippen LogP contribution in [-0.2, 0) is 6.54 Å². The van der Waals surface area contributed by atoms with Gasteiger partial charge >= 0.3 is 0 Å². The highest BCUT2D eigenvalue weighted by atomic mass is 19.1. The van der Waals surface area contributed by atoms with Gasteiger partial charge < -0.3 is 20.2 Å². The monoisotopic (exact) mass is 517 g/mol. The molecule has 2 aliphatic rings. The molecule has 3 N–H and O–H groups in total. The number of halogens is 1. The summed E-state index contributed by atoms with van der Waals surface area (Å²) >= 11 is 0. The number of piperazine rings is 1. The maximum Gasteiger partial charge on any atom is 0.225 e. The molecular weight excluding hydrogens is 489 g/mol. The Morgan fingerprint density at radius 1 is 1.08 bits per heavy atom. The number of nitrogen functional groups attached to an aromatic ring is 1. The summed E-state index contributed by atoms with van der Waals surface area (Å²) in [6.45, 7) is 4.41. The minimum absolute atomic E-state index is 0.226. The van der Waals surface area contributed by atoms with Crippen LogP contribution in [0.15, 0.2) is 47.2 Å². The van der Waals surface area contributed by atoms with Crippen LogP contribution in [0.5, 0.6) is 0 Å². The molecule has 5 aromatic rings. The summed E-state index contributed by atoms with van der Waals surface area (Å²) in [6, 6.07) is 8.58. The van der Waals surface area contributed by atoms with Crippen molar-refractivity contribution in [2.24, 2.45) is 5.92 Å². The van der Waals surface area contributed by atoms with E-state index in [0.717, 1.165) is 43.4 Å². The first-order chi connectivity index (χ1) is 18.5. The maximum absolute atomic E-state index is 14.7. The van der Waals surface area contributed by atoms with E-state index in [1.807, 2.05) is 10.7 Å². The van der Waals surface area contributed by atoms with Crippen LogP contribution in [0, 0.1) is 11.7 Å². The molecule has 12 heteroatoms. The van der Waals surface area contributed by atoms with Gasteiger partial charge in [-0.25, -0.2) is 14.1 Å². The van der Waals surface area contributed by atoms with Crippen molar-refractivity contribution in [1.29, 1.82) is 0 Å². The standard InChI is InChI=1S/C26H28FN9O2/c27-19-6-5-17(22(37)16-3-4-16)14-20(19)34-10-7-33(8-11-34)9-12-35-24-18(15-29-35)25-30-23(21-2-1-13-38-21)32-36(25)26(28)31-24/h1-2,5-6,13-16,22,37H,3-4,7-12H2,(H2,28,31)/t22-/m0/s1. The van der Waals surface area contributed by atoms with Gasteiger partial charge in [0.15, 0.2) is 17.1 Å². The van der Waals surface area contributed by atoms with Crippen LogP contribution in [0.4, 0.5) is 16.0 Å². The van der Waals surface area contributed by atoms with Gasteiger partial charge in [0.2, 0.25) is 11.8 Å². The zero-order valence-corrected chi connectivity index (χ0v) is 20.7. The van der Waals surface area contributed by atoms with Gasteiger partial charge in [0.05, 0.1) is 36.2 Å². The number of nitrogens with zero attached hydrogens (tertiary/aromatic N) is 8. The SMILES string of the molecule is Nc1nc2c(cnn2CCN2CCN(c3cc([C@@H](O)C4CC4)ccc3F)CC2)c2nc(-c3ccco3)nn12. The normalized spacial score (nSPS) is 17.6. The number of hydrogen-bond donors (Lipinski definition) is 2. The second kappa shape index (κ2) is 9.07. The van der Waals surface area contributed by atoms with Crippen molar-refractivity contribution < 1.29 is 13.9 Å². The molecule has 38 heavy (non-hydrogen) atoms. The molecule has 1 aliphatic heterocycles. The average molecular weight is 518 g/mol. The van der Waals surface area contributed by atoms with Crippen LogP contribution >= 0.6 is 0 Å². The van der Waals surface area contributed by atoms with Crippen molar-refractivity contribution in [3.8, 4) is 11.6 Å². The number of hydrogen-bond acceptors (Lipinski definition) is 9. The van der Waals surface area contributed by atoms with Crippen LogP contribution in [0.2, 0.25) is 0 Å². The summed E-state index contributed by atoms with van der Waals surface area (Å²) in [5.41, 5.74) is 8.82. The molecule has 1 saturated heterocycles. The van der Waals surface area contributed by atoms with E-state index in [-0.39, 0.29) is 11.8 Å². The van der Waals surface area contributed by atoms with Gasteiger partial charge in [0.1, 0.15) is 5.82 Å². The molecule has 0 bridgehead atoms. The third-order valence-corrected chi connectivity index (χ3v) is 7.56. The summed E-state index contributed by atoms with van der Waals surface area (Å²) in [4.78, 5) is 13.5. The molecule has 4 aromatic heterocycles. The van der Waals surface area contributed by atoms with Crippen LogP contribution in [0.1, 0.15) is 24.5 Å². The van der Waals surface area contributed by atoms with E-state index in [1.54, 1.807) is 30.7 Å². The first-order valence-corrected chi connectivity index (χ1v) is 12.9. The Morgan fingerprint density at radius 3 is 2.68 bits per heavy atom. The van der Waals surface area contributed by atoms with Gasteiger partial charge in [0.25, 0.3) is 0 Å². The zero-order valence-electron chi connectivity index (χ0n) is 20.7. The molecule has 5 heterocycles. The molecule has 0 radical (unpaired) electrons. The quantitative estimate of drug-likeness (QED) is 0.335. The van der Waals surface area contributed by atoms with Gasteiger partial charge in [0, 0.05) is 32.7 Å². The van der Waals surface area contributed by atoms with E-state index in [1.165, 1.54) is 10.6 Å². The number of fused-ring (bicyclic) bond motifs is 3. The van der Waals surface area contributed by atoms with E-state index >= 15 is 0 Å². The first kappa shape index (κ1) is 23.1. The molecule has 7 rings (SSSR count). The van der Waals surface area contributed by atoms with Gasteiger partial charge in [-0.2, -0.15) is 14.6 Å². The zero-order chi connectivity index (χ0) is 25.8. The number of aliphatic hydroxyl groups excluding tert-OH is 1. The Kier molecular flexibility index (Phi) is 5.51. The van der Waals surface area contributed by atoms with E-state index in [0.29, 0.717) is 54.1 Å². The minimum Gasteiger partial charge on any atom is -0.461 e. The smallest absolute Gasteiger partial charge is 0.225 e. The van der Waals surface area contributed by atoms with Crippen LogP contribution in [0.3, 0.4) is 0 Å². The van der Waals surface area contributed by atoms with Crippen LogP contribution in [0.25, 0.3) is 28.3 Å². The second-order valence-corrected chi connectivity index (χ2v) is 10.0. The lowest BCUT2D eigenvalue weighted by Crippen LogP contribution is -2.47. The largest absolute Gasteiger partial charge is 0.461 e. The molecule has 2 fully saturated rings. The fourth-order valence-corrected chi connectivity index (χ4v) is 5.22. The van der Waals surface area contributed by atoms with E-state index in [4.69, 9.17) is 10.2 Å². The highest BCUT2D eigenvalue weighted by Gasteiger charge is 2.31. The summed E-state index contributed by atoms with van der Waals surface area (Å²) in [6.07, 6.45) is 4.88. The Balaban J connectivity index is 1.03. The van der Waals surface area contributed by atoms with Crippen molar-refractivity contribution in [3.05, 3.63) is 54.2 Å². The lowest BCUT2D eigenvalue weighted by molar-refractivity contribution is 0.153. The number of anilines is 2. The number of nitrogens with two attached hydrogens (primary N) is 1. The fourth-order valence-electron chi connectivity index (χ4n) is 5.22. The summed E-state index contributed by atoms with van der Waals surface area (Å²) in [5.74, 6) is 1.28. The van der Waals surface area contributed by atoms with E-state index < -0.39 is 6.10 Å². The number of aliphatic hydroxyl groups is 1. The predicted molar refractivity (Wildman–Crippen MR) is 139 cm³/mol. The molecule has 1 saturated carbocycles. The minimum atomic E-state index is -0.502. The van der Waals surface area contributed by atoms with Crippen molar-refractivity contribution in [3.63, 3.8) is 0 Å². The Bertz CT molecular complexity index is 1600. The van der Waals surface area contributed by atoms with Crippen molar-refractivity contribution in [2.45, 2.75) is 25.5 Å². The number of aromatic nitrogens is 6. The van der Waals surface area contributed by atoms with Crippen molar-refractivity contribution >= 4 is 28.3 Å². The van der Waals surface area contributed by atoms with Crippen LogP contribution < -0.4 is 10.6 Å². The Hall–Kier alpha value is -4.03. The molecule has 1 aliphatic carbocycles. The third kappa shape index (κ3) is 4.05. The summed E-state index contributed by atoms with van der Waals surface area (Å²) in [5, 5.41) is 20.2. The summed E-state index contributed by atoms with van der Waals surface area (Å²) in [7, 11) is 0. The lowest BCUT2D eigenvalue weighted by atomic mass is 10.0. The van der Waals surface area contributed by atoms with Gasteiger partial charge in [-0.3, -0.25) is 4.90 Å². The van der Waals surface area contributed by atoms with E-state index in [2.05, 4.69) is 30.0 Å². The lowest BCUT2D eigenvalue weighted by Gasteiger charge is -2.36. The van der Waals surface area contributed by atoms with Crippen molar-refractivity contribution in [1.82, 2.24) is 34.3 Å². The number of rotatable bonds is 7. The van der Waals surface area contributed by atoms with Gasteiger partial charge in [-0.1, -0.05) is 6.07 Å². The van der Waals surface area contributed by atoms with Gasteiger partial charge in [-0.15, -0.1) is 5.10 Å². The average Bonchev–Trinajstić information content (AvgIpc) is 3.29. The summed E-state index contributed by atoms with van der Waals surface area (Å²) < 4.78 is 23.4. The van der Waals surface area contributed by atoms with Crippen molar-refractivity contribution in [2.75, 3.05) is 43.4 Å². The maximum atomic E-state index is 14.7. The molecule has 1 aromatic carbocycles. The molecular formula is C26H28FN9O2. The molecule has 1 atom stereocenters. The second-order valence-electron chi connectivity index (χ2n) is 10.0.